The first-order valence-corrected chi connectivity index (χ1v) is 9.13. The van der Waals surface area contributed by atoms with Crippen molar-refractivity contribution in [2.45, 2.75) is 56.6 Å². The summed E-state index contributed by atoms with van der Waals surface area (Å²) in [6.45, 7) is 4.40. The summed E-state index contributed by atoms with van der Waals surface area (Å²) in [4.78, 5) is 17.0. The number of carbonyl (C=O) groups is 1. The van der Waals surface area contributed by atoms with Crippen LogP contribution < -0.4 is 5.32 Å². The van der Waals surface area contributed by atoms with E-state index in [1.54, 1.807) is 11.8 Å². The summed E-state index contributed by atoms with van der Waals surface area (Å²) in [7, 11) is 0. The van der Waals surface area contributed by atoms with Gasteiger partial charge in [-0.3, -0.25) is 9.79 Å². The summed E-state index contributed by atoms with van der Waals surface area (Å²) < 4.78 is 5.06. The Hall–Kier alpha value is -0.550. The van der Waals surface area contributed by atoms with Gasteiger partial charge in [0.1, 0.15) is 4.75 Å². The molecular formula is C16H28N2O2S. The van der Waals surface area contributed by atoms with Crippen LogP contribution in [-0.2, 0) is 9.53 Å². The van der Waals surface area contributed by atoms with Gasteiger partial charge >= 0.3 is 0 Å². The maximum atomic E-state index is 12.3. The molecule has 120 valence electrons. The predicted octanol–water partition coefficient (Wildman–Crippen LogP) is 3.22. The van der Waals surface area contributed by atoms with Crippen LogP contribution in [0.1, 0.15) is 53.3 Å². The van der Waals surface area contributed by atoms with Crippen molar-refractivity contribution in [1.82, 2.24) is 5.32 Å². The minimum absolute atomic E-state index is 0. The van der Waals surface area contributed by atoms with Crippen molar-refractivity contribution in [2.24, 2.45) is 16.8 Å². The van der Waals surface area contributed by atoms with Crippen LogP contribution in [0.2, 0.25) is 0 Å². The van der Waals surface area contributed by atoms with Crippen molar-refractivity contribution in [3.8, 4) is 0 Å². The number of hydrogen-bond donors (Lipinski definition) is 1. The lowest BCUT2D eigenvalue weighted by atomic mass is 9.92. The van der Waals surface area contributed by atoms with Crippen LogP contribution in [0.25, 0.3) is 0 Å². The van der Waals surface area contributed by atoms with Crippen molar-refractivity contribution in [3.63, 3.8) is 0 Å². The summed E-state index contributed by atoms with van der Waals surface area (Å²) in [5.41, 5.74) is 0. The lowest BCUT2D eigenvalue weighted by Gasteiger charge is -2.24. The minimum Gasteiger partial charge on any atom is -0.381 e. The second-order valence-electron chi connectivity index (χ2n) is 6.73. The highest BCUT2D eigenvalue weighted by atomic mass is 32.2. The molecule has 0 aromatic carbocycles. The molecule has 0 aromatic heterocycles. The van der Waals surface area contributed by atoms with Crippen LogP contribution in [0.3, 0.4) is 0 Å². The average Bonchev–Trinajstić information content (AvgIpc) is 3.01. The van der Waals surface area contributed by atoms with Gasteiger partial charge in [0.25, 0.3) is 0 Å². The van der Waals surface area contributed by atoms with Crippen LogP contribution in [0, 0.1) is 11.8 Å². The molecule has 2 saturated heterocycles. The standard InChI is InChI=1S/C16H26N2O2S.H2/c1-16(13-8-9-20-11-13)14(19)18-15(21-16)17-10-12-6-4-2-3-5-7-12;/h12-13H,2-11H2,1H3,(H,17,18,19);1H/t13-,16?;/m1./s1. The molecule has 3 fully saturated rings. The van der Waals surface area contributed by atoms with Crippen LogP contribution >= 0.6 is 11.8 Å². The molecule has 2 aliphatic heterocycles. The first kappa shape index (κ1) is 15.3. The maximum Gasteiger partial charge on any atom is 0.242 e. The fraction of sp³-hybridized carbons (Fsp3) is 0.875. The zero-order valence-corrected chi connectivity index (χ0v) is 13.7. The number of rotatable bonds is 3. The summed E-state index contributed by atoms with van der Waals surface area (Å²) in [6.07, 6.45) is 8.99. The van der Waals surface area contributed by atoms with Crippen molar-refractivity contribution < 1.29 is 11.0 Å². The number of carbonyl (C=O) groups excluding carboxylic acids is 1. The van der Waals surface area contributed by atoms with Gasteiger partial charge in [0, 0.05) is 20.5 Å². The van der Waals surface area contributed by atoms with E-state index in [-0.39, 0.29) is 7.33 Å². The monoisotopic (exact) mass is 312 g/mol. The fourth-order valence-electron chi connectivity index (χ4n) is 3.56. The largest absolute Gasteiger partial charge is 0.381 e. The number of amidine groups is 1. The Balaban J connectivity index is 0.00000176. The van der Waals surface area contributed by atoms with E-state index in [0.717, 1.165) is 24.7 Å². The van der Waals surface area contributed by atoms with Crippen molar-refractivity contribution in [3.05, 3.63) is 0 Å². The quantitative estimate of drug-likeness (QED) is 0.814. The van der Waals surface area contributed by atoms with Crippen molar-refractivity contribution in [2.75, 3.05) is 19.8 Å². The Bertz CT molecular complexity index is 418. The van der Waals surface area contributed by atoms with E-state index in [1.165, 1.54) is 38.5 Å². The first-order valence-electron chi connectivity index (χ1n) is 8.31. The van der Waals surface area contributed by atoms with E-state index in [4.69, 9.17) is 9.73 Å². The molecular weight excluding hydrogens is 284 g/mol. The molecule has 1 saturated carbocycles. The van der Waals surface area contributed by atoms with Gasteiger partial charge in [-0.2, -0.15) is 0 Å². The second-order valence-corrected chi connectivity index (χ2v) is 8.17. The lowest BCUT2D eigenvalue weighted by molar-refractivity contribution is -0.122. The van der Waals surface area contributed by atoms with Gasteiger partial charge in [-0.25, -0.2) is 0 Å². The smallest absolute Gasteiger partial charge is 0.242 e. The molecule has 4 nitrogen and oxygen atoms in total. The molecule has 3 rings (SSSR count). The number of nitrogens with one attached hydrogen (secondary N) is 1. The molecule has 0 radical (unpaired) electrons. The molecule has 21 heavy (non-hydrogen) atoms. The van der Waals surface area contributed by atoms with Gasteiger partial charge in [0.15, 0.2) is 5.17 Å². The Morgan fingerprint density at radius 1 is 1.33 bits per heavy atom. The van der Waals surface area contributed by atoms with E-state index >= 15 is 0 Å². The van der Waals surface area contributed by atoms with Gasteiger partial charge < -0.3 is 10.1 Å². The van der Waals surface area contributed by atoms with Crippen LogP contribution in [0.4, 0.5) is 0 Å². The molecule has 1 aliphatic carbocycles. The van der Waals surface area contributed by atoms with Gasteiger partial charge in [0.05, 0.1) is 6.61 Å². The number of amides is 1. The zero-order chi connectivity index (χ0) is 14.7. The lowest BCUT2D eigenvalue weighted by Crippen LogP contribution is -2.40. The SMILES string of the molecule is CC1([C@@H]2CCOC2)SC(=NCC2CCCCCC2)NC1=O.[HH]. The van der Waals surface area contributed by atoms with E-state index in [0.29, 0.717) is 18.4 Å². The Kier molecular flexibility index (Phi) is 4.89. The van der Waals surface area contributed by atoms with Crippen LogP contribution in [-0.4, -0.2) is 35.6 Å². The highest BCUT2D eigenvalue weighted by molar-refractivity contribution is 8.16. The number of thioether (sulfide) groups is 1. The van der Waals surface area contributed by atoms with E-state index < -0.39 is 4.75 Å². The van der Waals surface area contributed by atoms with Gasteiger partial charge in [-0.05, 0) is 32.1 Å². The second kappa shape index (κ2) is 6.69. The topological polar surface area (TPSA) is 50.7 Å². The van der Waals surface area contributed by atoms with Crippen LogP contribution in [0.5, 0.6) is 0 Å². The minimum atomic E-state index is -0.390. The Morgan fingerprint density at radius 2 is 2.10 bits per heavy atom. The molecule has 1 unspecified atom stereocenters. The molecule has 2 atom stereocenters. The molecule has 2 heterocycles. The van der Waals surface area contributed by atoms with Gasteiger partial charge in [-0.1, -0.05) is 37.4 Å². The van der Waals surface area contributed by atoms with Crippen molar-refractivity contribution >= 4 is 22.8 Å². The highest BCUT2D eigenvalue weighted by Crippen LogP contribution is 2.41. The van der Waals surface area contributed by atoms with Gasteiger partial charge in [-0.15, -0.1) is 0 Å². The molecule has 0 aromatic rings. The Morgan fingerprint density at radius 3 is 2.76 bits per heavy atom. The van der Waals surface area contributed by atoms with Gasteiger partial charge in [0.2, 0.25) is 5.91 Å². The summed E-state index contributed by atoms with van der Waals surface area (Å²) in [5, 5.41) is 3.83. The third-order valence-electron chi connectivity index (χ3n) is 5.16. The zero-order valence-electron chi connectivity index (χ0n) is 12.9. The van der Waals surface area contributed by atoms with Crippen LogP contribution in [0.15, 0.2) is 4.99 Å². The molecule has 0 spiro atoms. The molecule has 3 aliphatic rings. The molecule has 5 heteroatoms. The number of aliphatic imine (C=N–C) groups is 1. The third kappa shape index (κ3) is 3.45. The maximum absolute atomic E-state index is 12.3. The number of hydrogen-bond acceptors (Lipinski definition) is 4. The number of nitrogens with zero attached hydrogens (tertiary/aromatic N) is 1. The first-order chi connectivity index (χ1) is 10.2. The summed E-state index contributed by atoms with van der Waals surface area (Å²) >= 11 is 1.62. The predicted molar refractivity (Wildman–Crippen MR) is 88.7 cm³/mol. The summed E-state index contributed by atoms with van der Waals surface area (Å²) in [5.74, 6) is 1.13. The Labute approximate surface area is 133 Å². The molecule has 1 amide bonds. The van der Waals surface area contributed by atoms with E-state index in [9.17, 15) is 4.79 Å². The van der Waals surface area contributed by atoms with Crippen molar-refractivity contribution in [1.29, 1.82) is 0 Å². The number of ether oxygens (including phenoxy) is 1. The molecule has 0 bridgehead atoms. The normalized spacial score (nSPS) is 36.9. The third-order valence-corrected chi connectivity index (χ3v) is 6.52. The molecule has 1 N–H and O–H groups in total. The average molecular weight is 312 g/mol. The van der Waals surface area contributed by atoms with E-state index in [2.05, 4.69) is 5.32 Å². The van der Waals surface area contributed by atoms with E-state index in [1.807, 2.05) is 6.92 Å². The summed E-state index contributed by atoms with van der Waals surface area (Å²) in [6, 6.07) is 0. The fourth-order valence-corrected chi connectivity index (χ4v) is 4.74. The highest BCUT2D eigenvalue weighted by Gasteiger charge is 2.49.